The van der Waals surface area contributed by atoms with E-state index in [0.717, 1.165) is 27.8 Å². The first-order chi connectivity index (χ1) is 17.7. The summed E-state index contributed by atoms with van der Waals surface area (Å²) in [6.07, 6.45) is 3.12. The van der Waals surface area contributed by atoms with E-state index in [2.05, 4.69) is 16.1 Å². The number of amides is 1. The molecule has 196 valence electrons. The summed E-state index contributed by atoms with van der Waals surface area (Å²) in [6.45, 7) is 5.26. The molecule has 4 rings (SSSR count). The second-order valence-corrected chi connectivity index (χ2v) is 8.87. The van der Waals surface area contributed by atoms with Gasteiger partial charge in [0, 0.05) is 13.6 Å². The van der Waals surface area contributed by atoms with Crippen molar-refractivity contribution in [2.24, 2.45) is 12.2 Å². The zero-order valence-electron chi connectivity index (χ0n) is 21.6. The average Bonchev–Trinajstić information content (AvgIpc) is 3.41. The molecule has 1 saturated heterocycles. The standard InChI is InChI=1S/C27H30FN3O6/c1-16-12-18(14-21(23(16)34-4)25(28)29-35-5)20(8-6-7-9-31-10-11-36-27(31)33)19-13-17(2)24-22(15-19)30(3)26(32)37-24/h8,12-15H,6-7,9-11H2,1-5H3/b20-8+,29-25?. The normalized spacial score (nSPS) is 14.4. The number of hydrogen-bond donors (Lipinski definition) is 0. The number of allylic oxidation sites excluding steroid dienone is 1. The molecule has 0 N–H and O–H groups in total. The van der Waals surface area contributed by atoms with Crippen molar-refractivity contribution < 1.29 is 27.9 Å². The van der Waals surface area contributed by atoms with E-state index < -0.39 is 11.7 Å². The van der Waals surface area contributed by atoms with Crippen molar-refractivity contribution in [1.82, 2.24) is 9.47 Å². The molecule has 0 saturated carbocycles. The Bertz CT molecular complexity index is 1450. The van der Waals surface area contributed by atoms with E-state index in [1.165, 1.54) is 18.8 Å². The average molecular weight is 512 g/mol. The number of nitrogens with zero attached hydrogens (tertiary/aromatic N) is 3. The molecule has 1 aliphatic heterocycles. The van der Waals surface area contributed by atoms with E-state index in [-0.39, 0.29) is 11.7 Å². The Hall–Kier alpha value is -4.08. The number of rotatable bonds is 9. The van der Waals surface area contributed by atoms with Crippen LogP contribution in [0.1, 0.15) is 40.7 Å². The van der Waals surface area contributed by atoms with Crippen LogP contribution in [0.2, 0.25) is 0 Å². The Labute approximate surface area is 213 Å². The number of benzene rings is 2. The summed E-state index contributed by atoms with van der Waals surface area (Å²) in [7, 11) is 4.40. The molecule has 1 amide bonds. The topological polar surface area (TPSA) is 95.5 Å². The van der Waals surface area contributed by atoms with Crippen LogP contribution < -0.4 is 10.5 Å². The second-order valence-electron chi connectivity index (χ2n) is 8.87. The van der Waals surface area contributed by atoms with Crippen LogP contribution in [-0.2, 0) is 16.6 Å². The summed E-state index contributed by atoms with van der Waals surface area (Å²) in [5, 5.41) is 3.46. The number of aromatic nitrogens is 1. The molecular formula is C27H30FN3O6. The van der Waals surface area contributed by atoms with Crippen LogP contribution in [0.25, 0.3) is 16.7 Å². The molecular weight excluding hydrogens is 481 g/mol. The summed E-state index contributed by atoms with van der Waals surface area (Å²) < 4.78 is 32.2. The number of fused-ring (bicyclic) bond motifs is 1. The van der Waals surface area contributed by atoms with Gasteiger partial charge in [0.25, 0.3) is 5.97 Å². The lowest BCUT2D eigenvalue weighted by atomic mass is 9.92. The lowest BCUT2D eigenvalue weighted by Crippen LogP contribution is -2.25. The number of oxime groups is 1. The van der Waals surface area contributed by atoms with Crippen molar-refractivity contribution in [2.45, 2.75) is 26.7 Å². The van der Waals surface area contributed by atoms with Gasteiger partial charge in [-0.1, -0.05) is 11.2 Å². The van der Waals surface area contributed by atoms with Gasteiger partial charge in [-0.05, 0) is 78.8 Å². The van der Waals surface area contributed by atoms with Crippen LogP contribution in [-0.4, -0.2) is 55.4 Å². The number of unbranched alkanes of at least 4 members (excludes halogenated alkanes) is 1. The number of aryl methyl sites for hydroxylation is 3. The molecule has 1 fully saturated rings. The zero-order chi connectivity index (χ0) is 26.7. The van der Waals surface area contributed by atoms with Gasteiger partial charge in [0.2, 0.25) is 0 Å². The summed E-state index contributed by atoms with van der Waals surface area (Å²) >= 11 is 0. The Morgan fingerprint density at radius 1 is 1.14 bits per heavy atom. The summed E-state index contributed by atoms with van der Waals surface area (Å²) in [5.41, 5.74) is 5.27. The summed E-state index contributed by atoms with van der Waals surface area (Å²) in [4.78, 5) is 30.3. The molecule has 0 atom stereocenters. The predicted octanol–water partition coefficient (Wildman–Crippen LogP) is 4.70. The number of methoxy groups -OCH3 is 1. The van der Waals surface area contributed by atoms with Crippen molar-refractivity contribution in [1.29, 1.82) is 0 Å². The molecule has 9 nitrogen and oxygen atoms in total. The second kappa shape index (κ2) is 10.9. The molecule has 2 aromatic carbocycles. The first-order valence-corrected chi connectivity index (χ1v) is 11.9. The molecule has 0 unspecified atom stereocenters. The lowest BCUT2D eigenvalue weighted by Gasteiger charge is -2.16. The first kappa shape index (κ1) is 26.0. The van der Waals surface area contributed by atoms with Crippen LogP contribution in [0.4, 0.5) is 9.18 Å². The minimum absolute atomic E-state index is 0.165. The van der Waals surface area contributed by atoms with Crippen molar-refractivity contribution in [2.75, 3.05) is 33.9 Å². The molecule has 1 aromatic heterocycles. The van der Waals surface area contributed by atoms with E-state index in [1.54, 1.807) is 18.0 Å². The first-order valence-electron chi connectivity index (χ1n) is 11.9. The van der Waals surface area contributed by atoms with Gasteiger partial charge < -0.3 is 23.6 Å². The number of halogens is 1. The maximum Gasteiger partial charge on any atom is 0.419 e. The fourth-order valence-corrected chi connectivity index (χ4v) is 4.59. The highest BCUT2D eigenvalue weighted by molar-refractivity contribution is 5.98. The summed E-state index contributed by atoms with van der Waals surface area (Å²) in [6, 6.07) is 7.41. The van der Waals surface area contributed by atoms with E-state index in [1.807, 2.05) is 32.0 Å². The number of hydrogen-bond acceptors (Lipinski definition) is 7. The Balaban J connectivity index is 1.81. The van der Waals surface area contributed by atoms with Crippen molar-refractivity contribution in [3.8, 4) is 5.75 Å². The van der Waals surface area contributed by atoms with E-state index in [9.17, 15) is 14.0 Å². The Kier molecular flexibility index (Phi) is 7.66. The van der Waals surface area contributed by atoms with Crippen LogP contribution in [0.15, 0.2) is 44.7 Å². The van der Waals surface area contributed by atoms with E-state index in [4.69, 9.17) is 13.9 Å². The molecule has 10 heteroatoms. The van der Waals surface area contributed by atoms with Crippen molar-refractivity contribution in [3.63, 3.8) is 0 Å². The maximum atomic E-state index is 14.9. The van der Waals surface area contributed by atoms with Gasteiger partial charge in [-0.2, -0.15) is 4.39 Å². The molecule has 0 bridgehead atoms. The van der Waals surface area contributed by atoms with Crippen LogP contribution in [0, 0.1) is 13.8 Å². The molecule has 0 radical (unpaired) electrons. The molecule has 0 aliphatic carbocycles. The third-order valence-corrected chi connectivity index (χ3v) is 6.40. The van der Waals surface area contributed by atoms with Gasteiger partial charge >= 0.3 is 11.8 Å². The molecule has 2 heterocycles. The zero-order valence-corrected chi connectivity index (χ0v) is 21.6. The molecule has 1 aliphatic rings. The van der Waals surface area contributed by atoms with Gasteiger partial charge in [-0.15, -0.1) is 0 Å². The number of carbonyl (C=O) groups is 1. The van der Waals surface area contributed by atoms with Gasteiger partial charge in [-0.3, -0.25) is 4.57 Å². The summed E-state index contributed by atoms with van der Waals surface area (Å²) in [5.74, 6) is -0.892. The number of carbonyl (C=O) groups excluding carboxylic acids is 1. The molecule has 37 heavy (non-hydrogen) atoms. The van der Waals surface area contributed by atoms with Crippen LogP contribution >= 0.6 is 0 Å². The van der Waals surface area contributed by atoms with Crippen LogP contribution in [0.5, 0.6) is 5.75 Å². The van der Waals surface area contributed by atoms with E-state index in [0.29, 0.717) is 49.4 Å². The monoisotopic (exact) mass is 511 g/mol. The number of ether oxygens (including phenoxy) is 2. The highest BCUT2D eigenvalue weighted by Gasteiger charge is 2.21. The van der Waals surface area contributed by atoms with Gasteiger partial charge in [0.05, 0.1) is 24.7 Å². The number of cyclic esters (lactones) is 1. The SMILES string of the molecule is CON=C(F)c1cc(/C(=C\CCCN2CCOC2=O)c2cc(C)c3oc(=O)n(C)c3c2)cc(C)c1OC. The highest BCUT2D eigenvalue weighted by Crippen LogP contribution is 2.34. The van der Waals surface area contributed by atoms with Gasteiger partial charge in [-0.25, -0.2) is 9.59 Å². The van der Waals surface area contributed by atoms with Crippen molar-refractivity contribution in [3.05, 3.63) is 68.7 Å². The third-order valence-electron chi connectivity index (χ3n) is 6.40. The largest absolute Gasteiger partial charge is 0.496 e. The molecule has 3 aromatic rings. The fraction of sp³-hybridized carbons (Fsp3) is 0.370. The molecule has 0 spiro atoms. The highest BCUT2D eigenvalue weighted by atomic mass is 19.1. The number of oxazole rings is 1. The predicted molar refractivity (Wildman–Crippen MR) is 138 cm³/mol. The Morgan fingerprint density at radius 3 is 2.54 bits per heavy atom. The Morgan fingerprint density at radius 2 is 1.86 bits per heavy atom. The van der Waals surface area contributed by atoms with Gasteiger partial charge in [0.1, 0.15) is 19.5 Å². The van der Waals surface area contributed by atoms with E-state index >= 15 is 0 Å². The quantitative estimate of drug-likeness (QED) is 0.235. The van der Waals surface area contributed by atoms with Crippen molar-refractivity contribution >= 4 is 28.7 Å². The minimum Gasteiger partial charge on any atom is -0.496 e. The third kappa shape index (κ3) is 5.23. The van der Waals surface area contributed by atoms with Gasteiger partial charge in [0.15, 0.2) is 5.58 Å². The minimum atomic E-state index is -0.806. The maximum absolute atomic E-state index is 14.9. The lowest BCUT2D eigenvalue weighted by molar-refractivity contribution is 0.158. The smallest absolute Gasteiger partial charge is 0.419 e. The fourth-order valence-electron chi connectivity index (χ4n) is 4.59. The van der Waals surface area contributed by atoms with Crippen LogP contribution in [0.3, 0.4) is 0 Å².